The molecule has 3 aromatic carbocycles. The second kappa shape index (κ2) is 8.83. The maximum Gasteiger partial charge on any atom is 0.345 e. The highest BCUT2D eigenvalue weighted by Crippen LogP contribution is 2.22. The maximum absolute atomic E-state index is 13.7. The molecule has 6 heteroatoms. The summed E-state index contributed by atoms with van der Waals surface area (Å²) >= 11 is 11.9. The molecule has 0 bridgehead atoms. The molecule has 0 amide bonds. The normalized spacial score (nSPS) is 10.8. The Morgan fingerprint density at radius 2 is 1.54 bits per heavy atom. The van der Waals surface area contributed by atoms with E-state index in [1.807, 2.05) is 0 Å². The van der Waals surface area contributed by atoms with Crippen molar-refractivity contribution in [2.75, 3.05) is 0 Å². The van der Waals surface area contributed by atoms with Crippen molar-refractivity contribution in [1.29, 1.82) is 0 Å². The lowest BCUT2D eigenvalue weighted by Gasteiger charge is -2.06. The number of ether oxygens (including phenoxy) is 1. The minimum Gasteiger partial charge on any atom is -0.423 e. The van der Waals surface area contributed by atoms with Crippen molar-refractivity contribution in [2.45, 2.75) is 0 Å². The predicted octanol–water partition coefficient (Wildman–Crippen LogP) is 6.25. The second-order valence-electron chi connectivity index (χ2n) is 5.73. The van der Waals surface area contributed by atoms with Gasteiger partial charge in [-0.2, -0.15) is 0 Å². The third kappa shape index (κ3) is 4.66. The van der Waals surface area contributed by atoms with Crippen LogP contribution in [0.2, 0.25) is 10.0 Å². The highest BCUT2D eigenvalue weighted by atomic mass is 35.5. The molecule has 3 nitrogen and oxygen atoms in total. The van der Waals surface area contributed by atoms with E-state index in [0.717, 1.165) is 0 Å². The molecule has 3 rings (SSSR count). The van der Waals surface area contributed by atoms with Crippen LogP contribution in [-0.2, 0) is 0 Å². The van der Waals surface area contributed by atoms with Gasteiger partial charge in [-0.3, -0.25) is 4.79 Å². The Hall–Kier alpha value is -2.95. The summed E-state index contributed by atoms with van der Waals surface area (Å²) in [4.78, 5) is 24.4. The first-order valence-corrected chi connectivity index (χ1v) is 8.94. The molecule has 0 saturated heterocycles. The molecular weight excluding hydrogens is 402 g/mol. The van der Waals surface area contributed by atoms with Gasteiger partial charge in [0, 0.05) is 11.1 Å². The lowest BCUT2D eigenvalue weighted by Crippen LogP contribution is -2.09. The van der Waals surface area contributed by atoms with E-state index in [4.69, 9.17) is 27.9 Å². The number of carbonyl (C=O) groups is 2. The summed E-state index contributed by atoms with van der Waals surface area (Å²) in [6.45, 7) is 0. The van der Waals surface area contributed by atoms with E-state index in [0.29, 0.717) is 5.56 Å². The first-order valence-electron chi connectivity index (χ1n) is 8.19. The molecule has 3 aromatic rings. The van der Waals surface area contributed by atoms with Crippen molar-refractivity contribution in [1.82, 2.24) is 0 Å². The zero-order valence-electron chi connectivity index (χ0n) is 14.4. The van der Waals surface area contributed by atoms with Crippen molar-refractivity contribution in [3.63, 3.8) is 0 Å². The fourth-order valence-corrected chi connectivity index (χ4v) is 2.84. The Bertz CT molecular complexity index is 1040. The highest BCUT2D eigenvalue weighted by Gasteiger charge is 2.12. The van der Waals surface area contributed by atoms with E-state index in [-0.39, 0.29) is 32.7 Å². The number of hydrogen-bond donors (Lipinski definition) is 0. The van der Waals surface area contributed by atoms with Crippen LogP contribution in [-0.4, -0.2) is 11.8 Å². The average Bonchev–Trinajstić information content (AvgIpc) is 2.68. The summed E-state index contributed by atoms with van der Waals surface area (Å²) in [6.07, 6.45) is 2.56. The lowest BCUT2D eigenvalue weighted by molar-refractivity contribution is 0.0735. The zero-order chi connectivity index (χ0) is 20.1. The van der Waals surface area contributed by atoms with Crippen molar-refractivity contribution in [3.8, 4) is 5.75 Å². The fourth-order valence-electron chi connectivity index (χ4n) is 2.40. The molecule has 140 valence electrons. The van der Waals surface area contributed by atoms with Gasteiger partial charge >= 0.3 is 5.97 Å². The van der Waals surface area contributed by atoms with Crippen LogP contribution in [0.15, 0.2) is 72.8 Å². The molecule has 0 N–H and O–H groups in total. The lowest BCUT2D eigenvalue weighted by atomic mass is 10.1. The Morgan fingerprint density at radius 1 is 0.857 bits per heavy atom. The van der Waals surface area contributed by atoms with Gasteiger partial charge < -0.3 is 4.74 Å². The van der Waals surface area contributed by atoms with E-state index in [9.17, 15) is 14.0 Å². The first kappa shape index (κ1) is 19.8. The quantitative estimate of drug-likeness (QED) is 0.214. The zero-order valence-corrected chi connectivity index (χ0v) is 15.9. The molecule has 0 unspecified atom stereocenters. The predicted molar refractivity (Wildman–Crippen MR) is 108 cm³/mol. The summed E-state index contributed by atoms with van der Waals surface area (Å²) in [7, 11) is 0. The van der Waals surface area contributed by atoms with E-state index in [1.54, 1.807) is 24.3 Å². The Morgan fingerprint density at radius 3 is 2.21 bits per heavy atom. The molecule has 0 saturated carbocycles. The number of benzene rings is 3. The summed E-state index contributed by atoms with van der Waals surface area (Å²) in [5.41, 5.74) is 0.734. The third-order valence-electron chi connectivity index (χ3n) is 3.84. The number of esters is 1. The largest absolute Gasteiger partial charge is 0.423 e. The number of hydrogen-bond acceptors (Lipinski definition) is 3. The first-order chi connectivity index (χ1) is 13.5. The molecule has 0 aliphatic carbocycles. The monoisotopic (exact) mass is 414 g/mol. The summed E-state index contributed by atoms with van der Waals surface area (Å²) in [5, 5.41) is 0.502. The van der Waals surface area contributed by atoms with E-state index in [2.05, 4.69) is 0 Å². The molecule has 0 radical (unpaired) electrons. The smallest absolute Gasteiger partial charge is 0.345 e. The molecule has 0 aromatic heterocycles. The summed E-state index contributed by atoms with van der Waals surface area (Å²) in [6, 6.07) is 16.8. The maximum atomic E-state index is 13.7. The molecule has 28 heavy (non-hydrogen) atoms. The highest BCUT2D eigenvalue weighted by molar-refractivity contribution is 6.33. The Kier molecular flexibility index (Phi) is 6.24. The van der Waals surface area contributed by atoms with Gasteiger partial charge in [-0.1, -0.05) is 41.4 Å². The van der Waals surface area contributed by atoms with Crippen LogP contribution < -0.4 is 4.74 Å². The molecule has 0 aliphatic heterocycles. The van der Waals surface area contributed by atoms with Gasteiger partial charge in [0.2, 0.25) is 0 Å². The number of carbonyl (C=O) groups excluding carboxylic acids is 2. The van der Waals surface area contributed by atoms with Crippen LogP contribution in [0.3, 0.4) is 0 Å². The van der Waals surface area contributed by atoms with E-state index < -0.39 is 11.8 Å². The number of rotatable bonds is 5. The number of ketones is 1. The van der Waals surface area contributed by atoms with Crippen molar-refractivity contribution in [2.24, 2.45) is 0 Å². The Balaban J connectivity index is 1.70. The van der Waals surface area contributed by atoms with Gasteiger partial charge in [-0.15, -0.1) is 0 Å². The topological polar surface area (TPSA) is 43.4 Å². The van der Waals surface area contributed by atoms with Crippen molar-refractivity contribution >= 4 is 41.0 Å². The van der Waals surface area contributed by atoms with Crippen molar-refractivity contribution in [3.05, 3.63) is 105 Å². The van der Waals surface area contributed by atoms with Gasteiger partial charge in [0.1, 0.15) is 11.6 Å². The number of halogens is 3. The molecule has 0 spiro atoms. The average molecular weight is 415 g/mol. The van der Waals surface area contributed by atoms with E-state index >= 15 is 0 Å². The Labute approximate surface area is 171 Å². The third-order valence-corrected chi connectivity index (χ3v) is 4.50. The van der Waals surface area contributed by atoms with Gasteiger partial charge in [-0.25, -0.2) is 9.18 Å². The SMILES string of the molecule is O=C(/C=C/c1c(F)cccc1Cl)c1ccc(OC(=O)c2ccccc2Cl)cc1. The van der Waals surface area contributed by atoms with E-state index in [1.165, 1.54) is 54.6 Å². The molecule has 0 fully saturated rings. The number of allylic oxidation sites excluding steroid dienone is 1. The summed E-state index contributed by atoms with van der Waals surface area (Å²) in [5.74, 6) is -1.19. The molecule has 0 atom stereocenters. The molecular formula is C22H13Cl2FO3. The molecule has 0 heterocycles. The van der Waals surface area contributed by atoms with Crippen LogP contribution in [0.5, 0.6) is 5.75 Å². The van der Waals surface area contributed by atoms with Gasteiger partial charge in [0.15, 0.2) is 5.78 Å². The molecule has 0 aliphatic rings. The van der Waals surface area contributed by atoms with Gasteiger partial charge in [0.25, 0.3) is 0 Å². The van der Waals surface area contributed by atoms with Crippen LogP contribution in [0.4, 0.5) is 4.39 Å². The minimum atomic E-state index is -0.598. The standard InChI is InChI=1S/C22H13Cl2FO3/c23-18-6-3-7-20(25)16(18)12-13-21(26)14-8-10-15(11-9-14)28-22(27)17-4-1-2-5-19(17)24/h1-13H/b13-12+. The van der Waals surface area contributed by atoms with Crippen molar-refractivity contribution < 1.29 is 18.7 Å². The van der Waals surface area contributed by atoms with Crippen LogP contribution in [0.1, 0.15) is 26.3 Å². The van der Waals surface area contributed by atoms with Crippen LogP contribution in [0, 0.1) is 5.82 Å². The summed E-state index contributed by atoms with van der Waals surface area (Å²) < 4.78 is 19.0. The minimum absolute atomic E-state index is 0.141. The van der Waals surface area contributed by atoms with Gasteiger partial charge in [0.05, 0.1) is 15.6 Å². The second-order valence-corrected chi connectivity index (χ2v) is 6.54. The fraction of sp³-hybridized carbons (Fsp3) is 0. The van der Waals surface area contributed by atoms with Crippen LogP contribution >= 0.6 is 23.2 Å². The van der Waals surface area contributed by atoms with Gasteiger partial charge in [-0.05, 0) is 60.7 Å². The van der Waals surface area contributed by atoms with Crippen LogP contribution in [0.25, 0.3) is 6.08 Å².